The lowest BCUT2D eigenvalue weighted by atomic mass is 10.0. The molecule has 158 valence electrons. The Morgan fingerprint density at radius 1 is 0.812 bits per heavy atom. The van der Waals surface area contributed by atoms with Gasteiger partial charge in [-0.3, -0.25) is 20.4 Å². The summed E-state index contributed by atoms with van der Waals surface area (Å²) in [5, 5.41) is 5.02. The molecular weight excluding hydrogens is 424 g/mol. The molecular formula is C25H19ClN4O2. The van der Waals surface area contributed by atoms with E-state index in [9.17, 15) is 9.59 Å². The Hall–Kier alpha value is -4.03. The molecule has 0 unspecified atom stereocenters. The fraction of sp³-hybridized carbons (Fsp3) is 0.0400. The average Bonchev–Trinajstić information content (AvgIpc) is 2.80. The quantitative estimate of drug-likeness (QED) is 0.422. The summed E-state index contributed by atoms with van der Waals surface area (Å²) in [7, 11) is 0. The molecule has 3 aromatic carbocycles. The van der Waals surface area contributed by atoms with E-state index in [-0.39, 0.29) is 16.4 Å². The van der Waals surface area contributed by atoms with Gasteiger partial charge in [0, 0.05) is 5.56 Å². The second kappa shape index (κ2) is 9.41. The first-order valence-corrected chi connectivity index (χ1v) is 10.3. The van der Waals surface area contributed by atoms with Crippen LogP contribution in [0.2, 0.25) is 5.02 Å². The molecule has 7 heteroatoms. The van der Waals surface area contributed by atoms with Crippen molar-refractivity contribution in [1.29, 1.82) is 0 Å². The van der Waals surface area contributed by atoms with Crippen LogP contribution in [0.1, 0.15) is 16.1 Å². The van der Waals surface area contributed by atoms with Crippen LogP contribution in [0.5, 0.6) is 0 Å². The minimum absolute atomic E-state index is 0.209. The summed E-state index contributed by atoms with van der Waals surface area (Å²) in [6, 6.07) is 23.9. The van der Waals surface area contributed by atoms with Crippen molar-refractivity contribution in [3.63, 3.8) is 0 Å². The highest BCUT2D eigenvalue weighted by Crippen LogP contribution is 2.25. The van der Waals surface area contributed by atoms with Crippen LogP contribution in [-0.2, 0) is 0 Å². The standard InChI is InChI=1S/C25H19ClN4O2/c1-16-23(19-13-11-18(12-14-19)17-7-3-2-4-8-17)27-15-22(28-16)29-25(32)30-24(31)20-9-5-6-10-21(20)26/h2-15H,1H3,(H2,28,29,30,31,32). The highest BCUT2D eigenvalue weighted by atomic mass is 35.5. The van der Waals surface area contributed by atoms with E-state index < -0.39 is 11.9 Å². The zero-order valence-corrected chi connectivity index (χ0v) is 17.9. The largest absolute Gasteiger partial charge is 0.327 e. The Kier molecular flexibility index (Phi) is 6.24. The summed E-state index contributed by atoms with van der Waals surface area (Å²) < 4.78 is 0. The van der Waals surface area contributed by atoms with Crippen LogP contribution < -0.4 is 10.6 Å². The van der Waals surface area contributed by atoms with Crippen LogP contribution in [0.15, 0.2) is 85.1 Å². The molecule has 4 rings (SSSR count). The maximum atomic E-state index is 12.2. The topological polar surface area (TPSA) is 84.0 Å². The van der Waals surface area contributed by atoms with Crippen molar-refractivity contribution >= 4 is 29.4 Å². The number of hydrogen-bond acceptors (Lipinski definition) is 4. The number of amides is 3. The molecule has 0 bridgehead atoms. The molecule has 0 spiro atoms. The summed E-state index contributed by atoms with van der Waals surface area (Å²) in [6.07, 6.45) is 1.45. The zero-order valence-electron chi connectivity index (χ0n) is 17.2. The molecule has 0 radical (unpaired) electrons. The molecule has 1 heterocycles. The third kappa shape index (κ3) is 4.82. The van der Waals surface area contributed by atoms with Gasteiger partial charge in [0.25, 0.3) is 5.91 Å². The molecule has 4 aromatic rings. The van der Waals surface area contributed by atoms with Crippen molar-refractivity contribution in [2.75, 3.05) is 5.32 Å². The lowest BCUT2D eigenvalue weighted by molar-refractivity contribution is 0.0967. The summed E-state index contributed by atoms with van der Waals surface area (Å²) in [5.74, 6) is -0.371. The van der Waals surface area contributed by atoms with Crippen molar-refractivity contribution < 1.29 is 9.59 Å². The van der Waals surface area contributed by atoms with Gasteiger partial charge in [0.1, 0.15) is 0 Å². The summed E-state index contributed by atoms with van der Waals surface area (Å²) in [5.41, 5.74) is 4.73. The molecule has 0 saturated carbocycles. The Labute approximate surface area is 190 Å². The van der Waals surface area contributed by atoms with Crippen LogP contribution in [0, 0.1) is 6.92 Å². The van der Waals surface area contributed by atoms with Gasteiger partial charge in [-0.05, 0) is 30.2 Å². The molecule has 0 aliphatic carbocycles. The number of rotatable bonds is 4. The third-order valence-electron chi connectivity index (χ3n) is 4.80. The molecule has 6 nitrogen and oxygen atoms in total. The van der Waals surface area contributed by atoms with E-state index in [1.54, 1.807) is 18.2 Å². The van der Waals surface area contributed by atoms with E-state index in [1.807, 2.05) is 49.4 Å². The number of imide groups is 1. The number of carbonyl (C=O) groups is 2. The van der Waals surface area contributed by atoms with Crippen LogP contribution in [-0.4, -0.2) is 21.9 Å². The van der Waals surface area contributed by atoms with Gasteiger partial charge in [-0.25, -0.2) is 9.78 Å². The second-order valence-corrected chi connectivity index (χ2v) is 7.43. The number of halogens is 1. The van der Waals surface area contributed by atoms with Crippen molar-refractivity contribution in [2.24, 2.45) is 0 Å². The Morgan fingerprint density at radius 3 is 2.12 bits per heavy atom. The van der Waals surface area contributed by atoms with E-state index in [0.717, 1.165) is 16.7 Å². The molecule has 0 atom stereocenters. The van der Waals surface area contributed by atoms with Crippen LogP contribution in [0.3, 0.4) is 0 Å². The lowest BCUT2D eigenvalue weighted by Gasteiger charge is -2.10. The van der Waals surface area contributed by atoms with Gasteiger partial charge in [0.2, 0.25) is 0 Å². The van der Waals surface area contributed by atoms with E-state index in [2.05, 4.69) is 32.7 Å². The molecule has 32 heavy (non-hydrogen) atoms. The van der Waals surface area contributed by atoms with Crippen LogP contribution in [0.25, 0.3) is 22.4 Å². The number of nitrogens with one attached hydrogen (secondary N) is 2. The summed E-state index contributed by atoms with van der Waals surface area (Å²) in [6.45, 7) is 1.81. The first kappa shape index (κ1) is 21.2. The maximum absolute atomic E-state index is 12.2. The SMILES string of the molecule is Cc1nc(NC(=O)NC(=O)c2ccccc2Cl)cnc1-c1ccc(-c2ccccc2)cc1. The summed E-state index contributed by atoms with van der Waals surface area (Å²) >= 11 is 5.99. The Balaban J connectivity index is 1.44. The van der Waals surface area contributed by atoms with E-state index in [0.29, 0.717) is 11.4 Å². The second-order valence-electron chi connectivity index (χ2n) is 7.02. The third-order valence-corrected chi connectivity index (χ3v) is 5.13. The van der Waals surface area contributed by atoms with Crippen molar-refractivity contribution in [3.8, 4) is 22.4 Å². The number of aryl methyl sites for hydroxylation is 1. The molecule has 0 aliphatic rings. The number of anilines is 1. The van der Waals surface area contributed by atoms with Gasteiger partial charge in [0.15, 0.2) is 5.82 Å². The van der Waals surface area contributed by atoms with Crippen molar-refractivity contribution in [2.45, 2.75) is 6.92 Å². The maximum Gasteiger partial charge on any atom is 0.327 e. The van der Waals surface area contributed by atoms with E-state index in [1.165, 1.54) is 12.3 Å². The number of aromatic nitrogens is 2. The highest BCUT2D eigenvalue weighted by Gasteiger charge is 2.14. The molecule has 3 amide bonds. The monoisotopic (exact) mass is 442 g/mol. The van der Waals surface area contributed by atoms with Gasteiger partial charge < -0.3 is 0 Å². The average molecular weight is 443 g/mol. The summed E-state index contributed by atoms with van der Waals surface area (Å²) in [4.78, 5) is 33.2. The molecule has 0 saturated heterocycles. The number of hydrogen-bond donors (Lipinski definition) is 2. The van der Waals surface area contributed by atoms with Gasteiger partial charge in [-0.1, -0.05) is 78.3 Å². The fourth-order valence-electron chi connectivity index (χ4n) is 3.24. The van der Waals surface area contributed by atoms with Crippen molar-refractivity contribution in [3.05, 3.63) is 101 Å². The van der Waals surface area contributed by atoms with Crippen molar-refractivity contribution in [1.82, 2.24) is 15.3 Å². The minimum atomic E-state index is -0.719. The first-order valence-electron chi connectivity index (χ1n) is 9.87. The molecule has 0 fully saturated rings. The predicted octanol–water partition coefficient (Wildman–Crippen LogP) is 5.73. The van der Waals surface area contributed by atoms with Gasteiger partial charge in [-0.15, -0.1) is 0 Å². The fourth-order valence-corrected chi connectivity index (χ4v) is 3.46. The molecule has 2 N–H and O–H groups in total. The van der Waals surface area contributed by atoms with Crippen LogP contribution >= 0.6 is 11.6 Å². The molecule has 1 aromatic heterocycles. The highest BCUT2D eigenvalue weighted by molar-refractivity contribution is 6.34. The van der Waals surface area contributed by atoms with E-state index >= 15 is 0 Å². The lowest BCUT2D eigenvalue weighted by Crippen LogP contribution is -2.34. The predicted molar refractivity (Wildman–Crippen MR) is 126 cm³/mol. The van der Waals surface area contributed by atoms with Gasteiger partial charge in [0.05, 0.1) is 28.2 Å². The molecule has 0 aliphatic heterocycles. The number of nitrogens with zero attached hydrogens (tertiary/aromatic N) is 2. The van der Waals surface area contributed by atoms with Crippen LogP contribution in [0.4, 0.5) is 10.6 Å². The van der Waals surface area contributed by atoms with Gasteiger partial charge >= 0.3 is 6.03 Å². The Morgan fingerprint density at radius 2 is 1.44 bits per heavy atom. The zero-order chi connectivity index (χ0) is 22.5. The Bertz CT molecular complexity index is 1270. The first-order chi connectivity index (χ1) is 15.5. The number of urea groups is 1. The normalized spacial score (nSPS) is 10.4. The van der Waals surface area contributed by atoms with Gasteiger partial charge in [-0.2, -0.15) is 0 Å². The smallest absolute Gasteiger partial charge is 0.291 e. The number of carbonyl (C=O) groups excluding carboxylic acids is 2. The minimum Gasteiger partial charge on any atom is -0.291 e. The number of benzene rings is 3. The van der Waals surface area contributed by atoms with E-state index in [4.69, 9.17) is 11.6 Å².